The molecule has 0 atom stereocenters. The second kappa shape index (κ2) is 8.87. The van der Waals surface area contributed by atoms with E-state index in [-0.39, 0.29) is 18.4 Å². The van der Waals surface area contributed by atoms with Crippen molar-refractivity contribution in [2.24, 2.45) is 0 Å². The van der Waals surface area contributed by atoms with Gasteiger partial charge < -0.3 is 16.0 Å². The molecule has 0 aliphatic rings. The van der Waals surface area contributed by atoms with Gasteiger partial charge in [-0.05, 0) is 54.6 Å². The van der Waals surface area contributed by atoms with Gasteiger partial charge in [0.05, 0.1) is 6.54 Å². The minimum absolute atomic E-state index is 0.113. The monoisotopic (exact) mass is 379 g/mol. The van der Waals surface area contributed by atoms with Crippen molar-refractivity contribution in [3.8, 4) is 0 Å². The Balaban J connectivity index is 1.56. The van der Waals surface area contributed by atoms with Gasteiger partial charge in [-0.15, -0.1) is 0 Å². The largest absolute Gasteiger partial charge is 0.376 e. The fraction of sp³-hybridized carbons (Fsp3) is 0.0476. The van der Waals surface area contributed by atoms with Gasteiger partial charge in [0.1, 0.15) is 0 Å². The highest BCUT2D eigenvalue weighted by molar-refractivity contribution is 6.30. The second-order valence-corrected chi connectivity index (χ2v) is 6.25. The summed E-state index contributed by atoms with van der Waals surface area (Å²) in [7, 11) is 0. The summed E-state index contributed by atoms with van der Waals surface area (Å²) < 4.78 is 0. The molecule has 0 unspecified atom stereocenters. The van der Waals surface area contributed by atoms with E-state index in [2.05, 4.69) is 16.0 Å². The summed E-state index contributed by atoms with van der Waals surface area (Å²) in [5.74, 6) is -0.403. The predicted octanol–water partition coefficient (Wildman–Crippen LogP) is 4.64. The smallest absolute Gasteiger partial charge is 0.255 e. The van der Waals surface area contributed by atoms with Crippen molar-refractivity contribution in [3.63, 3.8) is 0 Å². The number of benzene rings is 3. The fourth-order valence-corrected chi connectivity index (χ4v) is 2.55. The van der Waals surface area contributed by atoms with Crippen LogP contribution in [0.1, 0.15) is 10.4 Å². The van der Waals surface area contributed by atoms with Crippen LogP contribution < -0.4 is 16.0 Å². The number of nitrogens with one attached hydrogen (secondary N) is 3. The minimum atomic E-state index is -0.205. The molecule has 2 amide bonds. The Morgan fingerprint density at radius 2 is 1.41 bits per heavy atom. The quantitative estimate of drug-likeness (QED) is 0.584. The van der Waals surface area contributed by atoms with Crippen molar-refractivity contribution >= 4 is 40.5 Å². The third-order valence-corrected chi connectivity index (χ3v) is 3.99. The maximum atomic E-state index is 12.2. The van der Waals surface area contributed by atoms with Crippen LogP contribution in [0.25, 0.3) is 0 Å². The predicted molar refractivity (Wildman–Crippen MR) is 109 cm³/mol. The summed E-state index contributed by atoms with van der Waals surface area (Å²) in [6.07, 6.45) is 0. The maximum Gasteiger partial charge on any atom is 0.255 e. The molecule has 3 rings (SSSR count). The van der Waals surface area contributed by atoms with Gasteiger partial charge >= 0.3 is 0 Å². The van der Waals surface area contributed by atoms with Crippen molar-refractivity contribution in [1.82, 2.24) is 0 Å². The van der Waals surface area contributed by atoms with Crippen molar-refractivity contribution < 1.29 is 9.59 Å². The Morgan fingerprint density at radius 1 is 0.741 bits per heavy atom. The molecule has 0 heterocycles. The Morgan fingerprint density at radius 3 is 2.11 bits per heavy atom. The van der Waals surface area contributed by atoms with Crippen LogP contribution in [0.4, 0.5) is 17.1 Å². The minimum Gasteiger partial charge on any atom is -0.376 e. The maximum absolute atomic E-state index is 12.2. The first-order valence-electron chi connectivity index (χ1n) is 8.36. The lowest BCUT2D eigenvalue weighted by Crippen LogP contribution is -2.21. The third-order valence-electron chi connectivity index (χ3n) is 3.74. The summed E-state index contributed by atoms with van der Waals surface area (Å²) in [6, 6.07) is 23.0. The first kappa shape index (κ1) is 18.5. The molecular formula is C21H18ClN3O2. The van der Waals surface area contributed by atoms with Gasteiger partial charge in [0.2, 0.25) is 5.91 Å². The number of hydrogen-bond acceptors (Lipinski definition) is 3. The first-order valence-corrected chi connectivity index (χ1v) is 8.74. The van der Waals surface area contributed by atoms with Crippen LogP contribution >= 0.6 is 11.6 Å². The molecule has 0 saturated carbocycles. The molecule has 136 valence electrons. The highest BCUT2D eigenvalue weighted by Crippen LogP contribution is 2.17. The van der Waals surface area contributed by atoms with Gasteiger partial charge in [-0.1, -0.05) is 35.9 Å². The van der Waals surface area contributed by atoms with Crippen molar-refractivity contribution in [1.29, 1.82) is 0 Å². The molecule has 0 spiro atoms. The topological polar surface area (TPSA) is 70.2 Å². The lowest BCUT2D eigenvalue weighted by molar-refractivity contribution is -0.114. The van der Waals surface area contributed by atoms with E-state index in [0.717, 1.165) is 5.69 Å². The van der Waals surface area contributed by atoms with E-state index in [9.17, 15) is 9.59 Å². The number of amides is 2. The molecule has 3 aromatic rings. The molecule has 0 bridgehead atoms. The van der Waals surface area contributed by atoms with Gasteiger partial charge in [-0.25, -0.2) is 0 Å². The van der Waals surface area contributed by atoms with Crippen LogP contribution in [0.3, 0.4) is 0 Å². The molecule has 5 nitrogen and oxygen atoms in total. The molecule has 0 aromatic heterocycles. The van der Waals surface area contributed by atoms with E-state index in [4.69, 9.17) is 11.6 Å². The van der Waals surface area contributed by atoms with Crippen LogP contribution in [0, 0.1) is 0 Å². The zero-order valence-corrected chi connectivity index (χ0v) is 15.2. The molecule has 0 radical (unpaired) electrons. The lowest BCUT2D eigenvalue weighted by atomic mass is 10.2. The number of carbonyl (C=O) groups excluding carboxylic acids is 2. The highest BCUT2D eigenvalue weighted by atomic mass is 35.5. The van der Waals surface area contributed by atoms with E-state index in [0.29, 0.717) is 22.0 Å². The van der Waals surface area contributed by atoms with Gasteiger partial charge in [0, 0.05) is 27.6 Å². The molecule has 3 aromatic carbocycles. The summed E-state index contributed by atoms with van der Waals surface area (Å²) in [5, 5.41) is 9.27. The molecule has 0 saturated heterocycles. The second-order valence-electron chi connectivity index (χ2n) is 5.81. The number of halogens is 1. The lowest BCUT2D eigenvalue weighted by Gasteiger charge is -2.10. The average molecular weight is 380 g/mol. The number of rotatable bonds is 6. The van der Waals surface area contributed by atoms with Gasteiger partial charge in [-0.2, -0.15) is 0 Å². The van der Waals surface area contributed by atoms with E-state index < -0.39 is 0 Å². The van der Waals surface area contributed by atoms with Crippen molar-refractivity contribution in [2.45, 2.75) is 0 Å². The molecule has 3 N–H and O–H groups in total. The molecule has 0 aliphatic carbocycles. The Kier molecular flexibility index (Phi) is 6.07. The zero-order chi connectivity index (χ0) is 19.1. The third kappa shape index (κ3) is 5.59. The summed E-state index contributed by atoms with van der Waals surface area (Å²) >= 11 is 5.83. The van der Waals surface area contributed by atoms with Crippen LogP contribution in [-0.4, -0.2) is 18.4 Å². The standard InChI is InChI=1S/C21H18ClN3O2/c22-16-9-11-17(12-10-16)23-14-20(26)24-18-7-4-8-19(13-18)25-21(27)15-5-2-1-3-6-15/h1-13,23H,14H2,(H,24,26)(H,25,27). The normalized spacial score (nSPS) is 10.1. The molecule has 27 heavy (non-hydrogen) atoms. The summed E-state index contributed by atoms with van der Waals surface area (Å²) in [5.41, 5.74) is 2.58. The van der Waals surface area contributed by atoms with Crippen molar-refractivity contribution in [2.75, 3.05) is 22.5 Å². The number of anilines is 3. The Bertz CT molecular complexity index is 928. The molecule has 6 heteroatoms. The van der Waals surface area contributed by atoms with Crippen LogP contribution in [-0.2, 0) is 4.79 Å². The van der Waals surface area contributed by atoms with E-state index in [1.165, 1.54) is 0 Å². The SMILES string of the molecule is O=C(CNc1ccc(Cl)cc1)Nc1cccc(NC(=O)c2ccccc2)c1. The number of carbonyl (C=O) groups is 2. The van der Waals surface area contributed by atoms with E-state index in [1.54, 1.807) is 72.8 Å². The van der Waals surface area contributed by atoms with E-state index >= 15 is 0 Å². The molecule has 0 fully saturated rings. The van der Waals surface area contributed by atoms with Gasteiger partial charge in [0.15, 0.2) is 0 Å². The summed E-state index contributed by atoms with van der Waals surface area (Å²) in [6.45, 7) is 0.113. The number of hydrogen-bond donors (Lipinski definition) is 3. The average Bonchev–Trinajstić information content (AvgIpc) is 2.68. The van der Waals surface area contributed by atoms with Gasteiger partial charge in [-0.3, -0.25) is 9.59 Å². The zero-order valence-electron chi connectivity index (χ0n) is 14.4. The van der Waals surface area contributed by atoms with Gasteiger partial charge in [0.25, 0.3) is 5.91 Å². The summed E-state index contributed by atoms with van der Waals surface area (Å²) in [4.78, 5) is 24.3. The Labute approximate surface area is 162 Å². The molecule has 0 aliphatic heterocycles. The van der Waals surface area contributed by atoms with Crippen molar-refractivity contribution in [3.05, 3.63) is 89.4 Å². The van der Waals surface area contributed by atoms with E-state index in [1.807, 2.05) is 6.07 Å². The molecular weight excluding hydrogens is 362 g/mol. The van der Waals surface area contributed by atoms with Crippen LogP contribution in [0.2, 0.25) is 5.02 Å². The van der Waals surface area contributed by atoms with Crippen LogP contribution in [0.5, 0.6) is 0 Å². The van der Waals surface area contributed by atoms with Crippen LogP contribution in [0.15, 0.2) is 78.9 Å². The fourth-order valence-electron chi connectivity index (χ4n) is 2.42. The first-order chi connectivity index (χ1) is 13.1. The highest BCUT2D eigenvalue weighted by Gasteiger charge is 2.07. The Hall–Kier alpha value is -3.31.